The lowest BCUT2D eigenvalue weighted by Gasteiger charge is -2.28. The largest absolute Gasteiger partial charge is 0.476 e. The summed E-state index contributed by atoms with van der Waals surface area (Å²) in [7, 11) is 3.91. The van der Waals surface area contributed by atoms with Gasteiger partial charge in [0.1, 0.15) is 5.82 Å². The van der Waals surface area contributed by atoms with Crippen LogP contribution in [0.3, 0.4) is 0 Å². The van der Waals surface area contributed by atoms with Crippen molar-refractivity contribution in [1.82, 2.24) is 20.0 Å². The number of nitrogens with zero attached hydrogens (tertiary/aromatic N) is 3. The van der Waals surface area contributed by atoms with E-state index in [1.807, 2.05) is 43.3 Å². The number of piperidine rings is 1. The summed E-state index contributed by atoms with van der Waals surface area (Å²) in [5, 5.41) is 11.2. The molecule has 1 saturated heterocycles. The molecule has 3 atom stereocenters. The summed E-state index contributed by atoms with van der Waals surface area (Å²) in [4.78, 5) is 15.9. The summed E-state index contributed by atoms with van der Waals surface area (Å²) in [5.74, 6) is 2.49. The van der Waals surface area contributed by atoms with Gasteiger partial charge < -0.3 is 19.7 Å². The van der Waals surface area contributed by atoms with Gasteiger partial charge in [0.15, 0.2) is 0 Å². The van der Waals surface area contributed by atoms with Crippen molar-refractivity contribution in [3.8, 4) is 11.6 Å². The minimum absolute atomic E-state index is 0. The summed E-state index contributed by atoms with van der Waals surface area (Å²) in [5.41, 5.74) is 2.97. The second kappa shape index (κ2) is 14.7. The lowest BCUT2D eigenvalue weighted by atomic mass is 9.93. The Morgan fingerprint density at radius 1 is 1.00 bits per heavy atom. The SMILES string of the molecule is COCC[C@@H]1C[C@@H](NC(=O)Nc2c(C)c(OCC3CCN(C)CC3)nn2-c2ccccc2)[C@H](c2ccccc2)C1.Cl. The van der Waals surface area contributed by atoms with Crippen LogP contribution in [0.25, 0.3) is 5.69 Å². The number of likely N-dealkylation sites (tertiary alicyclic amines) is 1. The van der Waals surface area contributed by atoms with Crippen molar-refractivity contribution < 1.29 is 14.3 Å². The molecule has 9 heteroatoms. The molecule has 2 aliphatic rings. The number of ether oxygens (including phenoxy) is 2. The molecule has 41 heavy (non-hydrogen) atoms. The van der Waals surface area contributed by atoms with E-state index in [0.717, 1.165) is 63.1 Å². The van der Waals surface area contributed by atoms with Crippen molar-refractivity contribution in [2.24, 2.45) is 11.8 Å². The van der Waals surface area contributed by atoms with Crippen LogP contribution in [0.5, 0.6) is 5.88 Å². The Hall–Kier alpha value is -3.07. The molecule has 1 aliphatic heterocycles. The normalized spacial score (nSPS) is 21.3. The molecule has 0 spiro atoms. The third-order valence-corrected chi connectivity index (χ3v) is 8.54. The molecule has 1 aliphatic carbocycles. The molecule has 0 radical (unpaired) electrons. The average Bonchev–Trinajstić information content (AvgIpc) is 3.52. The van der Waals surface area contributed by atoms with E-state index >= 15 is 0 Å². The Morgan fingerprint density at radius 2 is 1.68 bits per heavy atom. The second-order valence-electron chi connectivity index (χ2n) is 11.4. The maximum absolute atomic E-state index is 13.5. The number of carbonyl (C=O) groups is 1. The van der Waals surface area contributed by atoms with Crippen LogP contribution >= 0.6 is 12.4 Å². The van der Waals surface area contributed by atoms with Gasteiger partial charge in [-0.25, -0.2) is 9.48 Å². The highest BCUT2D eigenvalue weighted by Gasteiger charge is 2.36. The fourth-order valence-electron chi connectivity index (χ4n) is 6.14. The Bertz CT molecular complexity index is 1230. The molecule has 2 aromatic carbocycles. The summed E-state index contributed by atoms with van der Waals surface area (Å²) in [6.07, 6.45) is 5.21. The third kappa shape index (κ3) is 7.82. The third-order valence-electron chi connectivity index (χ3n) is 8.54. The highest BCUT2D eigenvalue weighted by molar-refractivity contribution is 5.90. The van der Waals surface area contributed by atoms with Crippen molar-refractivity contribution in [3.05, 3.63) is 71.8 Å². The first kappa shape index (κ1) is 30.9. The van der Waals surface area contributed by atoms with Crippen molar-refractivity contribution in [2.45, 2.75) is 51.0 Å². The average molecular weight is 582 g/mol. The van der Waals surface area contributed by atoms with Crippen molar-refractivity contribution in [2.75, 3.05) is 45.8 Å². The number of aromatic nitrogens is 2. The van der Waals surface area contributed by atoms with E-state index < -0.39 is 0 Å². The van der Waals surface area contributed by atoms with Crippen molar-refractivity contribution >= 4 is 24.3 Å². The molecule has 2 amide bonds. The van der Waals surface area contributed by atoms with Crippen LogP contribution in [-0.2, 0) is 4.74 Å². The van der Waals surface area contributed by atoms with Gasteiger partial charge in [0.25, 0.3) is 0 Å². The van der Waals surface area contributed by atoms with Gasteiger partial charge in [0, 0.05) is 25.7 Å². The molecule has 222 valence electrons. The first-order valence-corrected chi connectivity index (χ1v) is 14.6. The van der Waals surface area contributed by atoms with Gasteiger partial charge in [0.2, 0.25) is 5.88 Å². The molecular weight excluding hydrogens is 538 g/mol. The molecule has 2 N–H and O–H groups in total. The van der Waals surface area contributed by atoms with Gasteiger partial charge >= 0.3 is 6.03 Å². The van der Waals surface area contributed by atoms with Crippen molar-refractivity contribution in [3.63, 3.8) is 0 Å². The van der Waals surface area contributed by atoms with E-state index in [1.165, 1.54) is 5.56 Å². The summed E-state index contributed by atoms with van der Waals surface area (Å²) in [6.45, 7) is 5.53. The number of urea groups is 1. The first-order chi connectivity index (χ1) is 19.5. The molecule has 1 aromatic heterocycles. The van der Waals surface area contributed by atoms with Crippen LogP contribution in [-0.4, -0.2) is 67.2 Å². The Kier molecular flexibility index (Phi) is 11.1. The van der Waals surface area contributed by atoms with E-state index in [0.29, 0.717) is 30.1 Å². The van der Waals surface area contributed by atoms with Crippen LogP contribution < -0.4 is 15.4 Å². The fourth-order valence-corrected chi connectivity index (χ4v) is 6.14. The van der Waals surface area contributed by atoms with E-state index in [9.17, 15) is 4.79 Å². The van der Waals surface area contributed by atoms with Gasteiger partial charge in [-0.15, -0.1) is 17.5 Å². The number of nitrogens with one attached hydrogen (secondary N) is 2. The monoisotopic (exact) mass is 581 g/mol. The molecule has 5 rings (SSSR count). The van der Waals surface area contributed by atoms with Crippen LogP contribution in [0.4, 0.5) is 10.6 Å². The number of hydrogen-bond donors (Lipinski definition) is 2. The zero-order valence-corrected chi connectivity index (χ0v) is 25.2. The van der Waals surface area contributed by atoms with Gasteiger partial charge in [-0.05, 0) is 88.7 Å². The lowest BCUT2D eigenvalue weighted by Crippen LogP contribution is -2.40. The van der Waals surface area contributed by atoms with Gasteiger partial charge in [-0.1, -0.05) is 48.5 Å². The lowest BCUT2D eigenvalue weighted by molar-refractivity contribution is 0.156. The van der Waals surface area contributed by atoms with Crippen LogP contribution in [0, 0.1) is 18.8 Å². The first-order valence-electron chi connectivity index (χ1n) is 14.6. The second-order valence-corrected chi connectivity index (χ2v) is 11.4. The van der Waals surface area contributed by atoms with Crippen LogP contribution in [0.2, 0.25) is 0 Å². The summed E-state index contributed by atoms with van der Waals surface area (Å²) < 4.78 is 13.4. The molecule has 0 bridgehead atoms. The Morgan fingerprint density at radius 3 is 2.37 bits per heavy atom. The van der Waals surface area contributed by atoms with E-state index in [2.05, 4.69) is 46.8 Å². The molecule has 3 aromatic rings. The van der Waals surface area contributed by atoms with Gasteiger partial charge in [0.05, 0.1) is 17.9 Å². The number of carbonyl (C=O) groups excluding carboxylic acids is 1. The van der Waals surface area contributed by atoms with Crippen LogP contribution in [0.1, 0.15) is 49.1 Å². The zero-order valence-electron chi connectivity index (χ0n) is 24.4. The minimum Gasteiger partial charge on any atom is -0.476 e. The van der Waals surface area contributed by atoms with E-state index in [-0.39, 0.29) is 30.4 Å². The minimum atomic E-state index is -0.222. The van der Waals surface area contributed by atoms with Gasteiger partial charge in [-0.2, -0.15) is 0 Å². The van der Waals surface area contributed by atoms with Crippen molar-refractivity contribution in [1.29, 1.82) is 0 Å². The fraction of sp³-hybridized carbons (Fsp3) is 0.500. The Labute approximate surface area is 250 Å². The van der Waals surface area contributed by atoms with Crippen LogP contribution in [0.15, 0.2) is 60.7 Å². The maximum Gasteiger partial charge on any atom is 0.320 e. The molecule has 1 saturated carbocycles. The molecule has 8 nitrogen and oxygen atoms in total. The number of para-hydroxylation sites is 1. The summed E-state index contributed by atoms with van der Waals surface area (Å²) in [6, 6.07) is 20.2. The highest BCUT2D eigenvalue weighted by atomic mass is 35.5. The smallest absolute Gasteiger partial charge is 0.320 e. The predicted molar refractivity (Wildman–Crippen MR) is 166 cm³/mol. The zero-order chi connectivity index (χ0) is 27.9. The quantitative estimate of drug-likeness (QED) is 0.305. The number of benzene rings is 2. The number of halogens is 1. The number of methoxy groups -OCH3 is 1. The van der Waals surface area contributed by atoms with Gasteiger partial charge in [-0.3, -0.25) is 5.32 Å². The number of hydrogen-bond acceptors (Lipinski definition) is 5. The number of rotatable bonds is 10. The molecule has 0 unspecified atom stereocenters. The number of amides is 2. The standard InChI is InChI=1S/C32H43N5O3.ClH/c1-23-30(34-32(38)33-29-21-25(16-19-39-3)20-28(29)26-10-6-4-7-11-26)37(27-12-8-5-9-13-27)35-31(23)40-22-24-14-17-36(2)18-15-24;/h4-13,24-25,28-29H,14-22H2,1-3H3,(H2,33,34,38);1H/t25-,28-,29+;/m0./s1. The topological polar surface area (TPSA) is 80.7 Å². The van der Waals surface area contributed by atoms with E-state index in [1.54, 1.807) is 11.8 Å². The Balaban J connectivity index is 0.00000387. The summed E-state index contributed by atoms with van der Waals surface area (Å²) >= 11 is 0. The maximum atomic E-state index is 13.5. The molecule has 2 heterocycles. The predicted octanol–water partition coefficient (Wildman–Crippen LogP) is 6.04. The number of anilines is 1. The highest BCUT2D eigenvalue weighted by Crippen LogP contribution is 2.40. The van der Waals surface area contributed by atoms with E-state index in [4.69, 9.17) is 14.6 Å². The molecular formula is C32H44ClN5O3. The molecule has 2 fully saturated rings.